The van der Waals surface area contributed by atoms with Gasteiger partial charge in [-0.1, -0.05) is 17.7 Å². The zero-order valence-corrected chi connectivity index (χ0v) is 11.5. The van der Waals surface area contributed by atoms with E-state index in [1.54, 1.807) is 12.1 Å². The molecule has 6 heteroatoms. The monoisotopic (exact) mass is 281 g/mol. The van der Waals surface area contributed by atoms with Crippen LogP contribution in [0.2, 0.25) is 0 Å². The van der Waals surface area contributed by atoms with Gasteiger partial charge in [-0.25, -0.2) is 4.79 Å². The van der Waals surface area contributed by atoms with Crippen LogP contribution in [0.3, 0.4) is 0 Å². The molecule has 3 N–H and O–H groups in total. The Balaban J connectivity index is 2.57. The number of ether oxygens (including phenoxy) is 1. The van der Waals surface area contributed by atoms with Crippen LogP contribution in [0.4, 0.5) is 0 Å². The molecule has 0 aliphatic carbocycles. The zero-order chi connectivity index (χ0) is 15.1. The minimum atomic E-state index is -1.19. The maximum Gasteiger partial charge on any atom is 0.326 e. The summed E-state index contributed by atoms with van der Waals surface area (Å²) in [5, 5.41) is 20.0. The molecule has 110 valence electrons. The highest BCUT2D eigenvalue weighted by Crippen LogP contribution is 2.13. The predicted octanol–water partition coefficient (Wildman–Crippen LogP) is 0.714. The van der Waals surface area contributed by atoms with Crippen molar-refractivity contribution in [3.05, 3.63) is 29.8 Å². The van der Waals surface area contributed by atoms with E-state index >= 15 is 0 Å². The molecule has 0 saturated heterocycles. The van der Waals surface area contributed by atoms with Crippen LogP contribution in [0.5, 0.6) is 5.75 Å². The molecule has 0 heterocycles. The van der Waals surface area contributed by atoms with Gasteiger partial charge in [-0.15, -0.1) is 0 Å². The Kier molecular flexibility index (Phi) is 5.99. The van der Waals surface area contributed by atoms with E-state index in [0.717, 1.165) is 5.56 Å². The van der Waals surface area contributed by atoms with Crippen LogP contribution in [-0.2, 0) is 9.59 Å². The summed E-state index contributed by atoms with van der Waals surface area (Å²) in [6.07, 6.45) is -0.864. The van der Waals surface area contributed by atoms with E-state index in [9.17, 15) is 9.59 Å². The van der Waals surface area contributed by atoms with Crippen LogP contribution in [0, 0.1) is 6.92 Å². The number of hydrogen-bond acceptors (Lipinski definition) is 4. The van der Waals surface area contributed by atoms with Crippen molar-refractivity contribution in [2.45, 2.75) is 32.4 Å². The van der Waals surface area contributed by atoms with Gasteiger partial charge in [0.2, 0.25) is 0 Å². The van der Waals surface area contributed by atoms with Crippen molar-refractivity contribution in [2.24, 2.45) is 0 Å². The summed E-state index contributed by atoms with van der Waals surface area (Å²) in [5.41, 5.74) is 1.07. The number of carbonyl (C=O) groups excluding carboxylic acids is 1. The average Bonchev–Trinajstić information content (AvgIpc) is 2.40. The van der Waals surface area contributed by atoms with Gasteiger partial charge in [0.1, 0.15) is 11.8 Å². The summed E-state index contributed by atoms with van der Waals surface area (Å²) in [4.78, 5) is 22.7. The number of aliphatic hydroxyl groups is 1. The second-order valence-electron chi connectivity index (χ2n) is 4.48. The number of aryl methyl sites for hydroxylation is 1. The Morgan fingerprint density at radius 3 is 2.40 bits per heavy atom. The third kappa shape index (κ3) is 4.89. The molecule has 0 radical (unpaired) electrons. The number of carboxylic acid groups (broad SMARTS) is 1. The van der Waals surface area contributed by atoms with Crippen LogP contribution in [-0.4, -0.2) is 40.8 Å². The van der Waals surface area contributed by atoms with Gasteiger partial charge in [0.15, 0.2) is 6.10 Å². The largest absolute Gasteiger partial charge is 0.481 e. The second-order valence-corrected chi connectivity index (χ2v) is 4.48. The van der Waals surface area contributed by atoms with Gasteiger partial charge < -0.3 is 20.3 Å². The first-order valence-corrected chi connectivity index (χ1v) is 6.31. The molecule has 1 amide bonds. The molecule has 2 atom stereocenters. The topological polar surface area (TPSA) is 95.9 Å². The number of carbonyl (C=O) groups is 2. The Morgan fingerprint density at radius 1 is 1.30 bits per heavy atom. The first kappa shape index (κ1) is 16.0. The number of nitrogens with one attached hydrogen (secondary N) is 1. The van der Waals surface area contributed by atoms with Crippen LogP contribution in [0.15, 0.2) is 24.3 Å². The molecule has 0 saturated carbocycles. The summed E-state index contributed by atoms with van der Waals surface area (Å²) < 4.78 is 5.42. The minimum Gasteiger partial charge on any atom is -0.481 e. The molecule has 6 nitrogen and oxygen atoms in total. The minimum absolute atomic E-state index is 0.0433. The number of aliphatic carboxylic acids is 1. The Hall–Kier alpha value is -2.08. The normalized spacial score (nSPS) is 13.3. The lowest BCUT2D eigenvalue weighted by atomic mass is 10.2. The molecular formula is C14H19NO5. The second kappa shape index (κ2) is 7.49. The van der Waals surface area contributed by atoms with E-state index in [0.29, 0.717) is 5.75 Å². The highest BCUT2D eigenvalue weighted by molar-refractivity contribution is 5.86. The van der Waals surface area contributed by atoms with Crippen molar-refractivity contribution in [3.63, 3.8) is 0 Å². The van der Waals surface area contributed by atoms with Crippen molar-refractivity contribution in [3.8, 4) is 5.75 Å². The van der Waals surface area contributed by atoms with E-state index in [1.165, 1.54) is 6.92 Å². The fourth-order valence-corrected chi connectivity index (χ4v) is 1.55. The summed E-state index contributed by atoms with van der Waals surface area (Å²) in [7, 11) is 0. The number of hydrogen-bond donors (Lipinski definition) is 3. The lowest BCUT2D eigenvalue weighted by molar-refractivity contribution is -0.143. The van der Waals surface area contributed by atoms with Gasteiger partial charge in [0, 0.05) is 13.0 Å². The molecule has 1 rings (SSSR count). The maximum absolute atomic E-state index is 11.8. The van der Waals surface area contributed by atoms with Crippen molar-refractivity contribution < 1.29 is 24.5 Å². The lowest BCUT2D eigenvalue weighted by Gasteiger charge is -2.18. The molecule has 1 aromatic carbocycles. The summed E-state index contributed by atoms with van der Waals surface area (Å²) in [6, 6.07) is 6.07. The molecule has 0 aromatic heterocycles. The molecular weight excluding hydrogens is 262 g/mol. The molecule has 1 unspecified atom stereocenters. The molecule has 0 spiro atoms. The van der Waals surface area contributed by atoms with Crippen LogP contribution < -0.4 is 10.1 Å². The maximum atomic E-state index is 11.8. The highest BCUT2D eigenvalue weighted by Gasteiger charge is 2.23. The molecule has 0 aliphatic heterocycles. The molecule has 0 aliphatic rings. The first-order chi connectivity index (χ1) is 9.43. The Morgan fingerprint density at radius 2 is 1.90 bits per heavy atom. The van der Waals surface area contributed by atoms with Gasteiger partial charge in [0.05, 0.1) is 0 Å². The zero-order valence-electron chi connectivity index (χ0n) is 11.5. The summed E-state index contributed by atoms with van der Waals surface area (Å²) in [5.74, 6) is -1.19. The van der Waals surface area contributed by atoms with Gasteiger partial charge in [0.25, 0.3) is 5.91 Å². The van der Waals surface area contributed by atoms with E-state index in [-0.39, 0.29) is 13.0 Å². The van der Waals surface area contributed by atoms with Gasteiger partial charge in [-0.05, 0) is 26.0 Å². The van der Waals surface area contributed by atoms with Crippen molar-refractivity contribution in [1.82, 2.24) is 5.32 Å². The SMILES string of the molecule is Cc1ccc(OC(C)C(=O)N[C@H](CCO)C(=O)O)cc1. The predicted molar refractivity (Wildman–Crippen MR) is 72.5 cm³/mol. The molecule has 20 heavy (non-hydrogen) atoms. The summed E-state index contributed by atoms with van der Waals surface area (Å²) >= 11 is 0. The van der Waals surface area contributed by atoms with Crippen molar-refractivity contribution in [2.75, 3.05) is 6.61 Å². The number of amides is 1. The van der Waals surface area contributed by atoms with E-state index in [4.69, 9.17) is 14.9 Å². The number of carboxylic acids is 1. The third-order valence-electron chi connectivity index (χ3n) is 2.74. The van der Waals surface area contributed by atoms with E-state index < -0.39 is 24.0 Å². The van der Waals surface area contributed by atoms with Gasteiger partial charge in [-0.2, -0.15) is 0 Å². The smallest absolute Gasteiger partial charge is 0.326 e. The summed E-state index contributed by atoms with van der Waals surface area (Å²) in [6.45, 7) is 3.16. The van der Waals surface area contributed by atoms with Gasteiger partial charge in [-0.3, -0.25) is 4.79 Å². The lowest BCUT2D eigenvalue weighted by Crippen LogP contribution is -2.46. The fraction of sp³-hybridized carbons (Fsp3) is 0.429. The van der Waals surface area contributed by atoms with E-state index in [2.05, 4.69) is 5.32 Å². The quantitative estimate of drug-likeness (QED) is 0.684. The number of rotatable bonds is 7. The molecule has 1 aromatic rings. The van der Waals surface area contributed by atoms with Crippen molar-refractivity contribution >= 4 is 11.9 Å². The van der Waals surface area contributed by atoms with Crippen LogP contribution in [0.1, 0.15) is 18.9 Å². The fourth-order valence-electron chi connectivity index (χ4n) is 1.55. The average molecular weight is 281 g/mol. The molecule has 0 fully saturated rings. The van der Waals surface area contributed by atoms with Gasteiger partial charge >= 0.3 is 5.97 Å². The third-order valence-corrected chi connectivity index (χ3v) is 2.74. The number of benzene rings is 1. The van der Waals surface area contributed by atoms with Crippen LogP contribution >= 0.6 is 0 Å². The first-order valence-electron chi connectivity index (χ1n) is 6.31. The Labute approximate surface area is 117 Å². The van der Waals surface area contributed by atoms with E-state index in [1.807, 2.05) is 19.1 Å². The van der Waals surface area contributed by atoms with Crippen molar-refractivity contribution in [1.29, 1.82) is 0 Å². The number of aliphatic hydroxyl groups excluding tert-OH is 1. The Bertz CT molecular complexity index is 457. The highest BCUT2D eigenvalue weighted by atomic mass is 16.5. The van der Waals surface area contributed by atoms with Crippen LogP contribution in [0.25, 0.3) is 0 Å². The standard InChI is InChI=1S/C14H19NO5/c1-9-3-5-11(6-4-9)20-10(2)13(17)15-12(7-8-16)14(18)19/h3-6,10,12,16H,7-8H2,1-2H3,(H,15,17)(H,18,19)/t10?,12-/m1/s1. The molecule has 0 bridgehead atoms.